The smallest absolute Gasteiger partial charge is 0.252 e. The Morgan fingerprint density at radius 1 is 0.443 bits per heavy atom. The molecule has 0 aromatic heterocycles. The lowest BCUT2D eigenvalue weighted by atomic mass is 9.33. The monoisotopic (exact) mass is 918 g/mol. The number of nitrogens with zero attached hydrogens (tertiary/aromatic N) is 3. The normalized spacial score (nSPS) is 20.6. The van der Waals surface area contributed by atoms with E-state index in [2.05, 4.69) is 245 Å². The van der Waals surface area contributed by atoms with E-state index < -0.39 is 0 Å². The zero-order chi connectivity index (χ0) is 49.2. The predicted octanol–water partition coefficient (Wildman–Crippen LogP) is 16.0. The Morgan fingerprint density at radius 3 is 1.71 bits per heavy atom. The largest absolute Gasteiger partial charge is 0.334 e. The van der Waals surface area contributed by atoms with E-state index in [1.807, 2.05) is 0 Å². The fraction of sp³-hybridized carbons (Fsp3) is 0.364. The zero-order valence-corrected chi connectivity index (χ0v) is 44.4. The van der Waals surface area contributed by atoms with Crippen LogP contribution in [0.25, 0.3) is 11.1 Å². The Bertz CT molecular complexity index is 3330. The lowest BCUT2D eigenvalue weighted by Gasteiger charge is -2.50. The van der Waals surface area contributed by atoms with Gasteiger partial charge in [-0.1, -0.05) is 169 Å². The summed E-state index contributed by atoms with van der Waals surface area (Å²) in [7, 11) is 0. The highest BCUT2D eigenvalue weighted by Crippen LogP contribution is 2.62. The summed E-state index contributed by atoms with van der Waals surface area (Å²) in [5.74, 6) is 0. The molecule has 3 nitrogen and oxygen atoms in total. The second-order valence-electron chi connectivity index (χ2n) is 25.9. The topological polar surface area (TPSA) is 9.72 Å². The Hall–Kier alpha value is -6.00. The van der Waals surface area contributed by atoms with Crippen LogP contribution in [0.5, 0.6) is 0 Å². The number of anilines is 8. The van der Waals surface area contributed by atoms with Gasteiger partial charge in [0.2, 0.25) is 0 Å². The molecule has 7 aromatic carbocycles. The molecule has 2 atom stereocenters. The SMILES string of the molecule is Cc1cc2c3c(c1)N(c1ccc4c(c1)C(C)(C)c1ccccc1-4)c1cc(C(C)(C)C)ccc1B3c1ccc(N3c4ccc(C(C)(C)C)cc4C4(C)CCCCC34C)cc1N2c1cccc(C(C)(C)C)c1. The molecule has 7 aromatic rings. The molecule has 5 aliphatic rings. The standard InChI is InChI=1S/C66H72BN3/c1-41-34-58-60-59(35-41)69(46-26-28-49-48-22-15-16-23-50(48)64(11,12)51(49)39-46)56-38-44(63(8,9)10)24-29-53(56)67(60)54-30-27-47(40-57(54)68(58)45-21-19-20-42(36-45)61(2,3)4)70-55-31-25-43(62(5,6)7)37-52(55)65(13)32-17-18-33-66(65,70)14/h15-16,19-31,34-40H,17-18,32-33H2,1-14H3. The van der Waals surface area contributed by atoms with Crippen LogP contribution < -0.4 is 31.1 Å². The van der Waals surface area contributed by atoms with E-state index in [0.717, 1.165) is 6.42 Å². The summed E-state index contributed by atoms with van der Waals surface area (Å²) >= 11 is 0. The highest BCUT2D eigenvalue weighted by atomic mass is 15.3. The minimum absolute atomic E-state index is 0.0161. The van der Waals surface area contributed by atoms with Gasteiger partial charge >= 0.3 is 0 Å². The molecule has 0 radical (unpaired) electrons. The average Bonchev–Trinajstić information content (AvgIpc) is 3.66. The van der Waals surface area contributed by atoms with E-state index in [1.165, 1.54) is 131 Å². The molecule has 0 bridgehead atoms. The van der Waals surface area contributed by atoms with E-state index in [9.17, 15) is 0 Å². The van der Waals surface area contributed by atoms with Crippen molar-refractivity contribution >= 4 is 68.6 Å². The first-order valence-electron chi connectivity index (χ1n) is 26.3. The van der Waals surface area contributed by atoms with Crippen molar-refractivity contribution in [2.75, 3.05) is 14.7 Å². The number of fused-ring (bicyclic) bond motifs is 10. The third-order valence-corrected chi connectivity index (χ3v) is 18.1. The van der Waals surface area contributed by atoms with Crippen LogP contribution in [-0.4, -0.2) is 12.3 Å². The first-order chi connectivity index (χ1) is 33.0. The van der Waals surface area contributed by atoms with E-state index in [1.54, 1.807) is 0 Å². The van der Waals surface area contributed by atoms with Crippen molar-refractivity contribution in [3.63, 3.8) is 0 Å². The predicted molar refractivity (Wildman–Crippen MR) is 302 cm³/mol. The van der Waals surface area contributed by atoms with Crippen LogP contribution in [0, 0.1) is 6.92 Å². The van der Waals surface area contributed by atoms with Crippen molar-refractivity contribution in [3.8, 4) is 11.1 Å². The fourth-order valence-corrected chi connectivity index (χ4v) is 13.8. The maximum absolute atomic E-state index is 2.79. The average molecular weight is 918 g/mol. The van der Waals surface area contributed by atoms with Gasteiger partial charge in [-0.25, -0.2) is 0 Å². The van der Waals surface area contributed by atoms with E-state index in [4.69, 9.17) is 0 Å². The number of hydrogen-bond acceptors (Lipinski definition) is 3. The van der Waals surface area contributed by atoms with Crippen LogP contribution in [-0.2, 0) is 27.1 Å². The first-order valence-corrected chi connectivity index (χ1v) is 26.3. The maximum Gasteiger partial charge on any atom is 0.252 e. The Balaban J connectivity index is 1.12. The quantitative estimate of drug-likeness (QED) is 0.164. The second kappa shape index (κ2) is 14.8. The van der Waals surface area contributed by atoms with E-state index in [-0.39, 0.29) is 39.3 Å². The third-order valence-electron chi connectivity index (χ3n) is 18.1. The van der Waals surface area contributed by atoms with Gasteiger partial charge in [0.15, 0.2) is 0 Å². The molecule has 0 spiro atoms. The summed E-state index contributed by atoms with van der Waals surface area (Å²) in [5, 5.41) is 0. The summed E-state index contributed by atoms with van der Waals surface area (Å²) in [5.41, 5.74) is 26.5. The Kier molecular flexibility index (Phi) is 9.54. The molecule has 0 amide bonds. The van der Waals surface area contributed by atoms with Gasteiger partial charge < -0.3 is 14.7 Å². The third kappa shape index (κ3) is 6.33. The van der Waals surface area contributed by atoms with Crippen molar-refractivity contribution in [3.05, 3.63) is 172 Å². The minimum atomic E-state index is -0.120. The minimum Gasteiger partial charge on any atom is -0.334 e. The molecule has 0 N–H and O–H groups in total. The molecule has 1 fully saturated rings. The van der Waals surface area contributed by atoms with Crippen LogP contribution in [0.4, 0.5) is 45.5 Å². The fourth-order valence-electron chi connectivity index (χ4n) is 13.8. The molecule has 1 saturated carbocycles. The highest BCUT2D eigenvalue weighted by Gasteiger charge is 2.58. The first kappa shape index (κ1) is 45.2. The van der Waals surface area contributed by atoms with Crippen LogP contribution in [0.3, 0.4) is 0 Å². The summed E-state index contributed by atoms with van der Waals surface area (Å²) in [4.78, 5) is 8.07. The van der Waals surface area contributed by atoms with Gasteiger partial charge in [-0.2, -0.15) is 0 Å². The molecule has 3 heterocycles. The lowest BCUT2D eigenvalue weighted by molar-refractivity contribution is 0.195. The van der Waals surface area contributed by atoms with Crippen molar-refractivity contribution in [2.24, 2.45) is 0 Å². The van der Waals surface area contributed by atoms with Gasteiger partial charge in [0.25, 0.3) is 6.71 Å². The molecule has 4 heteroatoms. The van der Waals surface area contributed by atoms with Gasteiger partial charge in [0.1, 0.15) is 0 Å². The van der Waals surface area contributed by atoms with Crippen molar-refractivity contribution < 1.29 is 0 Å². The molecular weight excluding hydrogens is 846 g/mol. The van der Waals surface area contributed by atoms with Gasteiger partial charge in [-0.3, -0.25) is 0 Å². The molecule has 2 aliphatic carbocycles. The zero-order valence-electron chi connectivity index (χ0n) is 44.4. The van der Waals surface area contributed by atoms with Crippen molar-refractivity contribution in [1.82, 2.24) is 0 Å². The van der Waals surface area contributed by atoms with Crippen LogP contribution in [0.1, 0.15) is 155 Å². The summed E-state index contributed by atoms with van der Waals surface area (Å²) in [6.07, 6.45) is 4.88. The molecular formula is C66H72BN3. The Labute approximate surface area is 420 Å². The van der Waals surface area contributed by atoms with E-state index >= 15 is 0 Å². The Morgan fingerprint density at radius 2 is 1.01 bits per heavy atom. The number of hydrogen-bond donors (Lipinski definition) is 0. The van der Waals surface area contributed by atoms with E-state index in [0.29, 0.717) is 0 Å². The molecule has 3 aliphatic heterocycles. The van der Waals surface area contributed by atoms with Gasteiger partial charge in [0, 0.05) is 56.3 Å². The summed E-state index contributed by atoms with van der Waals surface area (Å²) < 4.78 is 0. The molecule has 354 valence electrons. The molecule has 70 heavy (non-hydrogen) atoms. The van der Waals surface area contributed by atoms with Gasteiger partial charge in [0.05, 0.1) is 5.54 Å². The molecule has 12 rings (SSSR count). The number of aryl methyl sites for hydroxylation is 1. The highest BCUT2D eigenvalue weighted by molar-refractivity contribution is 7.00. The molecule has 0 saturated heterocycles. The van der Waals surface area contributed by atoms with Crippen LogP contribution in [0.15, 0.2) is 133 Å². The molecule has 2 unspecified atom stereocenters. The van der Waals surface area contributed by atoms with Crippen LogP contribution >= 0.6 is 0 Å². The maximum atomic E-state index is 2.79. The van der Waals surface area contributed by atoms with Gasteiger partial charge in [-0.15, -0.1) is 0 Å². The number of benzene rings is 7. The lowest BCUT2D eigenvalue weighted by Crippen LogP contribution is -2.61. The summed E-state index contributed by atoms with van der Waals surface area (Å²) in [6.45, 7) is 33.5. The second-order valence-corrected chi connectivity index (χ2v) is 25.9. The van der Waals surface area contributed by atoms with Crippen molar-refractivity contribution in [1.29, 1.82) is 0 Å². The van der Waals surface area contributed by atoms with Gasteiger partial charge in [-0.05, 0) is 170 Å². The number of rotatable bonds is 3. The van der Waals surface area contributed by atoms with Crippen LogP contribution in [0.2, 0.25) is 0 Å². The summed E-state index contributed by atoms with van der Waals surface area (Å²) in [6, 6.07) is 53.2. The van der Waals surface area contributed by atoms with Crippen molar-refractivity contribution in [2.45, 2.75) is 155 Å².